The molecule has 0 aliphatic heterocycles. The van der Waals surface area contributed by atoms with Crippen LogP contribution < -0.4 is 15.4 Å². The molecule has 8 heteroatoms. The first-order valence-electron chi connectivity index (χ1n) is 8.19. The summed E-state index contributed by atoms with van der Waals surface area (Å²) in [6.45, 7) is 1.75. The zero-order valence-corrected chi connectivity index (χ0v) is 16.8. The van der Waals surface area contributed by atoms with Gasteiger partial charge in [0.1, 0.15) is 5.75 Å². The Morgan fingerprint density at radius 3 is 2.37 bits per heavy atom. The van der Waals surface area contributed by atoms with Gasteiger partial charge in [-0.3, -0.25) is 14.5 Å². The predicted octanol–water partition coefficient (Wildman–Crippen LogP) is 3.90. The van der Waals surface area contributed by atoms with Gasteiger partial charge >= 0.3 is 0 Å². The molecule has 2 amide bonds. The lowest BCUT2D eigenvalue weighted by atomic mass is 10.2. The Balaban J connectivity index is 1.92. The third kappa shape index (κ3) is 6.43. The first-order chi connectivity index (χ1) is 12.8. The first-order valence-corrected chi connectivity index (χ1v) is 8.95. The summed E-state index contributed by atoms with van der Waals surface area (Å²) in [6, 6.07) is 11.3. The topological polar surface area (TPSA) is 70.7 Å². The maximum absolute atomic E-state index is 12.4. The molecule has 2 aromatic rings. The lowest BCUT2D eigenvalue weighted by molar-refractivity contribution is -0.122. The summed E-state index contributed by atoms with van der Waals surface area (Å²) in [5.41, 5.74) is 1.12. The first kappa shape index (κ1) is 21.0. The summed E-state index contributed by atoms with van der Waals surface area (Å²) in [6.07, 6.45) is 0. The fourth-order valence-corrected chi connectivity index (χ4v) is 2.86. The van der Waals surface area contributed by atoms with Gasteiger partial charge in [0.05, 0.1) is 19.7 Å². The molecular weight excluding hydrogens is 389 g/mol. The van der Waals surface area contributed by atoms with Gasteiger partial charge in [-0.05, 0) is 44.3 Å². The van der Waals surface area contributed by atoms with E-state index in [1.54, 1.807) is 68.4 Å². The van der Waals surface area contributed by atoms with Crippen molar-refractivity contribution in [3.05, 3.63) is 52.5 Å². The third-order valence-electron chi connectivity index (χ3n) is 3.92. The van der Waals surface area contributed by atoms with Crippen LogP contribution in [-0.2, 0) is 9.59 Å². The van der Waals surface area contributed by atoms with Crippen molar-refractivity contribution in [2.75, 3.05) is 31.3 Å². The Morgan fingerprint density at radius 2 is 1.74 bits per heavy atom. The number of hydrogen-bond acceptors (Lipinski definition) is 4. The number of amides is 2. The zero-order chi connectivity index (χ0) is 20.0. The summed E-state index contributed by atoms with van der Waals surface area (Å²) in [5.74, 6) is 0.135. The molecule has 144 valence electrons. The van der Waals surface area contributed by atoms with Gasteiger partial charge in [-0.25, -0.2) is 0 Å². The molecule has 1 atom stereocenters. The van der Waals surface area contributed by atoms with Crippen LogP contribution in [0.1, 0.15) is 6.92 Å². The molecule has 2 N–H and O–H groups in total. The molecule has 2 rings (SSSR count). The lowest BCUT2D eigenvalue weighted by Crippen LogP contribution is -2.43. The van der Waals surface area contributed by atoms with Crippen LogP contribution in [-0.4, -0.2) is 43.5 Å². The normalized spacial score (nSPS) is 11.8. The van der Waals surface area contributed by atoms with Crippen molar-refractivity contribution in [3.8, 4) is 5.75 Å². The molecule has 0 aromatic heterocycles. The SMILES string of the molecule is COc1cccc(NC(=O)CN(C)[C@H](C)C(=O)Nc2cc(Cl)cc(Cl)c2)c1. The van der Waals surface area contributed by atoms with Gasteiger partial charge in [-0.15, -0.1) is 0 Å². The molecule has 0 saturated carbocycles. The Hall–Kier alpha value is -2.28. The van der Waals surface area contributed by atoms with Crippen LogP contribution in [0.5, 0.6) is 5.75 Å². The molecule has 0 unspecified atom stereocenters. The van der Waals surface area contributed by atoms with Crippen molar-refractivity contribution >= 4 is 46.4 Å². The van der Waals surface area contributed by atoms with E-state index in [2.05, 4.69) is 10.6 Å². The minimum absolute atomic E-state index is 0.0437. The summed E-state index contributed by atoms with van der Waals surface area (Å²) in [4.78, 5) is 26.3. The van der Waals surface area contributed by atoms with Crippen molar-refractivity contribution in [1.29, 1.82) is 0 Å². The van der Waals surface area contributed by atoms with Crippen LogP contribution >= 0.6 is 23.2 Å². The summed E-state index contributed by atoms with van der Waals surface area (Å²) in [5, 5.41) is 6.38. The zero-order valence-electron chi connectivity index (χ0n) is 15.3. The Kier molecular flexibility index (Phi) is 7.47. The highest BCUT2D eigenvalue weighted by Crippen LogP contribution is 2.22. The van der Waals surface area contributed by atoms with Gasteiger partial charge in [0.2, 0.25) is 11.8 Å². The summed E-state index contributed by atoms with van der Waals surface area (Å²) in [7, 11) is 3.25. The smallest absolute Gasteiger partial charge is 0.241 e. The van der Waals surface area contributed by atoms with Gasteiger partial charge in [0.15, 0.2) is 0 Å². The maximum Gasteiger partial charge on any atom is 0.241 e. The second kappa shape index (κ2) is 9.60. The molecule has 0 fully saturated rings. The van der Waals surface area contributed by atoms with E-state index in [0.29, 0.717) is 27.2 Å². The molecule has 0 saturated heterocycles. The largest absolute Gasteiger partial charge is 0.497 e. The highest BCUT2D eigenvalue weighted by Gasteiger charge is 2.20. The fourth-order valence-electron chi connectivity index (χ4n) is 2.34. The minimum Gasteiger partial charge on any atom is -0.497 e. The molecule has 0 spiro atoms. The number of rotatable bonds is 7. The Morgan fingerprint density at radius 1 is 1.07 bits per heavy atom. The molecule has 27 heavy (non-hydrogen) atoms. The number of nitrogens with zero attached hydrogens (tertiary/aromatic N) is 1. The van der Waals surface area contributed by atoms with Gasteiger partial charge in [0, 0.05) is 27.5 Å². The van der Waals surface area contributed by atoms with E-state index in [-0.39, 0.29) is 18.4 Å². The van der Waals surface area contributed by atoms with Crippen molar-refractivity contribution in [1.82, 2.24) is 4.90 Å². The van der Waals surface area contributed by atoms with E-state index in [1.807, 2.05) is 0 Å². The quantitative estimate of drug-likeness (QED) is 0.727. The van der Waals surface area contributed by atoms with Crippen molar-refractivity contribution in [2.24, 2.45) is 0 Å². The lowest BCUT2D eigenvalue weighted by Gasteiger charge is -2.23. The second-order valence-electron chi connectivity index (χ2n) is 6.02. The number of ether oxygens (including phenoxy) is 1. The van der Waals surface area contributed by atoms with Crippen LogP contribution in [0, 0.1) is 0 Å². The van der Waals surface area contributed by atoms with Crippen LogP contribution in [0.25, 0.3) is 0 Å². The van der Waals surface area contributed by atoms with Gasteiger partial charge < -0.3 is 15.4 Å². The second-order valence-corrected chi connectivity index (χ2v) is 6.89. The van der Waals surface area contributed by atoms with Crippen LogP contribution in [0.2, 0.25) is 10.0 Å². The monoisotopic (exact) mass is 409 g/mol. The molecule has 2 aromatic carbocycles. The van der Waals surface area contributed by atoms with Crippen LogP contribution in [0.3, 0.4) is 0 Å². The summed E-state index contributed by atoms with van der Waals surface area (Å²) < 4.78 is 5.13. The number of likely N-dealkylation sites (N-methyl/N-ethyl adjacent to an activating group) is 1. The standard InChI is InChI=1S/C19H21Cl2N3O3/c1-12(19(26)23-16-8-13(20)7-14(21)9-16)24(2)11-18(25)22-15-5-4-6-17(10-15)27-3/h4-10,12H,11H2,1-3H3,(H,22,25)(H,23,26)/t12-/m1/s1. The number of carbonyl (C=O) groups is 2. The molecule has 0 aliphatic carbocycles. The van der Waals surface area contributed by atoms with Gasteiger partial charge in [-0.2, -0.15) is 0 Å². The van der Waals surface area contributed by atoms with Gasteiger partial charge in [0.25, 0.3) is 0 Å². The fraction of sp³-hybridized carbons (Fsp3) is 0.263. The number of nitrogens with one attached hydrogen (secondary N) is 2. The number of methoxy groups -OCH3 is 1. The molecule has 0 radical (unpaired) electrons. The van der Waals surface area contributed by atoms with Crippen LogP contribution in [0.15, 0.2) is 42.5 Å². The molecule has 0 heterocycles. The van der Waals surface area contributed by atoms with Crippen LogP contribution in [0.4, 0.5) is 11.4 Å². The van der Waals surface area contributed by atoms with E-state index in [4.69, 9.17) is 27.9 Å². The van der Waals surface area contributed by atoms with E-state index in [1.165, 1.54) is 0 Å². The Bertz CT molecular complexity index is 809. The van der Waals surface area contributed by atoms with E-state index in [0.717, 1.165) is 0 Å². The number of benzene rings is 2. The van der Waals surface area contributed by atoms with Crippen molar-refractivity contribution < 1.29 is 14.3 Å². The van der Waals surface area contributed by atoms with E-state index >= 15 is 0 Å². The third-order valence-corrected chi connectivity index (χ3v) is 4.35. The van der Waals surface area contributed by atoms with E-state index in [9.17, 15) is 9.59 Å². The number of anilines is 2. The van der Waals surface area contributed by atoms with Crippen molar-refractivity contribution in [2.45, 2.75) is 13.0 Å². The number of hydrogen-bond donors (Lipinski definition) is 2. The maximum atomic E-state index is 12.4. The highest BCUT2D eigenvalue weighted by atomic mass is 35.5. The minimum atomic E-state index is -0.543. The molecule has 0 bridgehead atoms. The average molecular weight is 410 g/mol. The predicted molar refractivity (Wildman–Crippen MR) is 109 cm³/mol. The molecule has 0 aliphatic rings. The summed E-state index contributed by atoms with van der Waals surface area (Å²) >= 11 is 11.9. The number of halogens is 2. The molecular formula is C19H21Cl2N3O3. The number of carbonyl (C=O) groups excluding carboxylic acids is 2. The van der Waals surface area contributed by atoms with E-state index < -0.39 is 6.04 Å². The average Bonchev–Trinajstić information content (AvgIpc) is 2.60. The Labute approximate surface area is 168 Å². The molecule has 6 nitrogen and oxygen atoms in total. The van der Waals surface area contributed by atoms with Crippen molar-refractivity contribution in [3.63, 3.8) is 0 Å². The highest BCUT2D eigenvalue weighted by molar-refractivity contribution is 6.35. The van der Waals surface area contributed by atoms with Gasteiger partial charge in [-0.1, -0.05) is 29.3 Å².